The van der Waals surface area contributed by atoms with E-state index in [1.165, 1.54) is 14.2 Å². The van der Waals surface area contributed by atoms with Gasteiger partial charge in [0.05, 0.1) is 20.6 Å². The molecule has 0 fully saturated rings. The molecule has 0 aliphatic heterocycles. The number of methoxy groups -OCH3 is 2. The van der Waals surface area contributed by atoms with E-state index in [1.807, 2.05) is 26.0 Å². The molecule has 5 heteroatoms. The van der Waals surface area contributed by atoms with Crippen LogP contribution in [-0.2, 0) is 19.1 Å². The Morgan fingerprint density at radius 1 is 1.28 bits per heavy atom. The van der Waals surface area contributed by atoms with Crippen molar-refractivity contribution in [3.63, 3.8) is 0 Å². The zero-order valence-electron chi connectivity index (χ0n) is 11.2. The second kappa shape index (κ2) is 6.23. The Labute approximate surface area is 107 Å². The third-order valence-corrected chi connectivity index (χ3v) is 2.80. The summed E-state index contributed by atoms with van der Waals surface area (Å²) in [5, 5.41) is 0. The van der Waals surface area contributed by atoms with E-state index in [1.54, 1.807) is 10.8 Å². The first kappa shape index (κ1) is 14.3. The molecule has 0 aliphatic rings. The molecule has 0 saturated heterocycles. The second-order valence-electron chi connectivity index (χ2n) is 4.31. The Balaban J connectivity index is 3.05. The highest BCUT2D eigenvalue weighted by Crippen LogP contribution is 2.23. The fourth-order valence-electron chi connectivity index (χ4n) is 1.85. The number of ether oxygens (including phenoxy) is 2. The van der Waals surface area contributed by atoms with Crippen LogP contribution in [0.2, 0.25) is 0 Å². The second-order valence-corrected chi connectivity index (χ2v) is 4.31. The average molecular weight is 253 g/mol. The summed E-state index contributed by atoms with van der Waals surface area (Å²) in [4.78, 5) is 23.2. The van der Waals surface area contributed by atoms with Crippen molar-refractivity contribution < 1.29 is 19.1 Å². The van der Waals surface area contributed by atoms with Crippen molar-refractivity contribution in [1.82, 2.24) is 4.57 Å². The van der Waals surface area contributed by atoms with Gasteiger partial charge >= 0.3 is 11.9 Å². The van der Waals surface area contributed by atoms with Gasteiger partial charge in [-0.3, -0.25) is 4.79 Å². The van der Waals surface area contributed by atoms with Crippen molar-refractivity contribution in [3.8, 4) is 0 Å². The molecule has 18 heavy (non-hydrogen) atoms. The molecular weight excluding hydrogens is 234 g/mol. The minimum Gasteiger partial charge on any atom is -0.469 e. The van der Waals surface area contributed by atoms with Crippen LogP contribution in [0.4, 0.5) is 0 Å². The number of esters is 2. The normalized spacial score (nSPS) is 12.3. The molecule has 0 aromatic carbocycles. The Morgan fingerprint density at radius 2 is 1.94 bits per heavy atom. The van der Waals surface area contributed by atoms with E-state index in [2.05, 4.69) is 4.74 Å². The van der Waals surface area contributed by atoms with Gasteiger partial charge in [0.1, 0.15) is 6.04 Å². The van der Waals surface area contributed by atoms with Gasteiger partial charge in [0.15, 0.2) is 0 Å². The van der Waals surface area contributed by atoms with Crippen LogP contribution < -0.4 is 0 Å². The quantitative estimate of drug-likeness (QED) is 0.752. The number of hydrogen-bond acceptors (Lipinski definition) is 4. The molecule has 0 spiro atoms. The van der Waals surface area contributed by atoms with Crippen LogP contribution in [0.1, 0.15) is 37.9 Å². The number of nitrogens with zero attached hydrogens (tertiary/aromatic N) is 1. The lowest BCUT2D eigenvalue weighted by molar-refractivity contribution is -0.151. The first-order chi connectivity index (χ1) is 8.51. The smallest absolute Gasteiger partial charge is 0.329 e. The molecule has 1 aromatic heterocycles. The molecule has 0 amide bonds. The summed E-state index contributed by atoms with van der Waals surface area (Å²) < 4.78 is 11.1. The predicted octanol–water partition coefficient (Wildman–Crippen LogP) is 1.89. The molecule has 1 rings (SSSR count). The van der Waals surface area contributed by atoms with Crippen LogP contribution in [0, 0.1) is 0 Å². The fourth-order valence-corrected chi connectivity index (χ4v) is 1.85. The molecule has 0 N–H and O–H groups in total. The third-order valence-electron chi connectivity index (χ3n) is 2.80. The average Bonchev–Trinajstić information content (AvgIpc) is 2.83. The minimum absolute atomic E-state index is 0.0302. The van der Waals surface area contributed by atoms with Gasteiger partial charge in [-0.25, -0.2) is 4.79 Å². The molecule has 0 radical (unpaired) electrons. The van der Waals surface area contributed by atoms with Gasteiger partial charge in [-0.2, -0.15) is 0 Å². The molecule has 5 nitrogen and oxygen atoms in total. The highest BCUT2D eigenvalue weighted by Gasteiger charge is 2.26. The molecule has 1 heterocycles. The maximum absolute atomic E-state index is 11.8. The van der Waals surface area contributed by atoms with Gasteiger partial charge in [0.2, 0.25) is 0 Å². The zero-order valence-corrected chi connectivity index (χ0v) is 11.2. The lowest BCUT2D eigenvalue weighted by Crippen LogP contribution is -2.25. The number of hydrogen-bond donors (Lipinski definition) is 0. The third kappa shape index (κ3) is 3.12. The summed E-state index contributed by atoms with van der Waals surface area (Å²) in [5.74, 6) is -0.628. The first-order valence-electron chi connectivity index (χ1n) is 5.82. The Bertz CT molecular complexity index is 422. The first-order valence-corrected chi connectivity index (χ1v) is 5.82. The van der Waals surface area contributed by atoms with Gasteiger partial charge in [-0.05, 0) is 18.1 Å². The van der Waals surface area contributed by atoms with Gasteiger partial charge in [0, 0.05) is 11.9 Å². The van der Waals surface area contributed by atoms with Crippen molar-refractivity contribution in [1.29, 1.82) is 0 Å². The van der Waals surface area contributed by atoms with E-state index in [0.29, 0.717) is 0 Å². The molecule has 0 saturated carbocycles. The lowest BCUT2D eigenvalue weighted by Gasteiger charge is -2.20. The van der Waals surface area contributed by atoms with E-state index in [9.17, 15) is 9.59 Å². The summed E-state index contributed by atoms with van der Waals surface area (Å²) in [7, 11) is 2.61. The largest absolute Gasteiger partial charge is 0.469 e. The minimum atomic E-state index is -0.671. The maximum atomic E-state index is 11.8. The van der Waals surface area contributed by atoms with E-state index < -0.39 is 18.0 Å². The molecule has 0 aliphatic carbocycles. The SMILES string of the molecule is COC(=O)C[C@@H](C(=O)OC)n1cccc1C(C)C. The van der Waals surface area contributed by atoms with E-state index >= 15 is 0 Å². The lowest BCUT2D eigenvalue weighted by atomic mass is 10.1. The standard InChI is InChI=1S/C13H19NO4/c1-9(2)10-6-5-7-14(10)11(13(16)18-4)8-12(15)17-3/h5-7,9,11H,8H2,1-4H3/t11-/m0/s1. The summed E-state index contributed by atoms with van der Waals surface area (Å²) in [5.41, 5.74) is 0.981. The molecule has 0 bridgehead atoms. The fraction of sp³-hybridized carbons (Fsp3) is 0.538. The van der Waals surface area contributed by atoms with Crippen molar-refractivity contribution in [2.24, 2.45) is 0 Å². The van der Waals surface area contributed by atoms with Crippen LogP contribution >= 0.6 is 0 Å². The summed E-state index contributed by atoms with van der Waals surface area (Å²) in [6.07, 6.45) is 1.75. The van der Waals surface area contributed by atoms with Crippen LogP contribution in [0.15, 0.2) is 18.3 Å². The zero-order chi connectivity index (χ0) is 13.7. The van der Waals surface area contributed by atoms with Crippen molar-refractivity contribution in [3.05, 3.63) is 24.0 Å². The molecule has 1 aromatic rings. The van der Waals surface area contributed by atoms with E-state index in [0.717, 1.165) is 5.69 Å². The summed E-state index contributed by atoms with van der Waals surface area (Å²) >= 11 is 0. The molecule has 100 valence electrons. The van der Waals surface area contributed by atoms with Crippen molar-refractivity contribution in [2.45, 2.75) is 32.2 Å². The maximum Gasteiger partial charge on any atom is 0.329 e. The topological polar surface area (TPSA) is 57.5 Å². The van der Waals surface area contributed by atoms with E-state index in [-0.39, 0.29) is 12.3 Å². The summed E-state index contributed by atoms with van der Waals surface area (Å²) in [6.45, 7) is 4.05. The van der Waals surface area contributed by atoms with E-state index in [4.69, 9.17) is 4.74 Å². The number of rotatable bonds is 5. The van der Waals surface area contributed by atoms with Crippen LogP contribution in [-0.4, -0.2) is 30.7 Å². The number of carbonyl (C=O) groups excluding carboxylic acids is 2. The molecule has 0 unspecified atom stereocenters. The highest BCUT2D eigenvalue weighted by molar-refractivity contribution is 5.81. The highest BCUT2D eigenvalue weighted by atomic mass is 16.5. The van der Waals surface area contributed by atoms with Crippen LogP contribution in [0.5, 0.6) is 0 Å². The number of carbonyl (C=O) groups is 2. The molecule has 1 atom stereocenters. The number of aromatic nitrogens is 1. The summed E-state index contributed by atoms with van der Waals surface area (Å²) in [6, 6.07) is 3.11. The van der Waals surface area contributed by atoms with Gasteiger partial charge in [-0.1, -0.05) is 13.8 Å². The molecular formula is C13H19NO4. The van der Waals surface area contributed by atoms with Crippen LogP contribution in [0.25, 0.3) is 0 Å². The van der Waals surface area contributed by atoms with Gasteiger partial charge in [-0.15, -0.1) is 0 Å². The Kier molecular flexibility index (Phi) is 4.95. The van der Waals surface area contributed by atoms with Crippen LogP contribution in [0.3, 0.4) is 0 Å². The van der Waals surface area contributed by atoms with Crippen molar-refractivity contribution >= 4 is 11.9 Å². The Morgan fingerprint density at radius 3 is 2.44 bits per heavy atom. The Hall–Kier alpha value is -1.78. The predicted molar refractivity (Wildman–Crippen MR) is 66.2 cm³/mol. The van der Waals surface area contributed by atoms with Gasteiger partial charge in [0.25, 0.3) is 0 Å². The monoisotopic (exact) mass is 253 g/mol. The van der Waals surface area contributed by atoms with Crippen molar-refractivity contribution in [2.75, 3.05) is 14.2 Å². The van der Waals surface area contributed by atoms with Gasteiger partial charge < -0.3 is 14.0 Å².